The van der Waals surface area contributed by atoms with Gasteiger partial charge in [-0.1, -0.05) is 11.6 Å². The summed E-state index contributed by atoms with van der Waals surface area (Å²) in [5.41, 5.74) is 1.68. The van der Waals surface area contributed by atoms with E-state index in [1.165, 1.54) is 6.20 Å². The van der Waals surface area contributed by atoms with Gasteiger partial charge in [0.2, 0.25) is 0 Å². The second kappa shape index (κ2) is 11.7. The predicted molar refractivity (Wildman–Crippen MR) is 129 cm³/mol. The maximum Gasteiger partial charge on any atom is 0.306 e. The molecular formula is C25H29ClN4O4. The Labute approximate surface area is 204 Å². The number of benzene rings is 1. The summed E-state index contributed by atoms with van der Waals surface area (Å²) in [6.07, 6.45) is 4.32. The van der Waals surface area contributed by atoms with Gasteiger partial charge in [0.05, 0.1) is 40.8 Å². The Hall–Kier alpha value is -3.31. The normalized spacial score (nSPS) is 18.4. The molecule has 0 radical (unpaired) electrons. The van der Waals surface area contributed by atoms with Crippen molar-refractivity contribution in [3.05, 3.63) is 52.2 Å². The van der Waals surface area contributed by atoms with E-state index in [-0.39, 0.29) is 23.8 Å². The molecule has 0 bridgehead atoms. The summed E-state index contributed by atoms with van der Waals surface area (Å²) in [5, 5.41) is 24.8. The van der Waals surface area contributed by atoms with Gasteiger partial charge in [0.15, 0.2) is 0 Å². The van der Waals surface area contributed by atoms with E-state index in [9.17, 15) is 14.9 Å². The number of hydrogen-bond donors (Lipinski definition) is 3. The zero-order chi connectivity index (χ0) is 24.7. The molecule has 8 nitrogen and oxygen atoms in total. The number of nitrogens with one attached hydrogen (secondary N) is 2. The lowest BCUT2D eigenvalue weighted by molar-refractivity contribution is -0.143. The van der Waals surface area contributed by atoms with Gasteiger partial charge in [0.1, 0.15) is 11.6 Å². The van der Waals surface area contributed by atoms with Crippen molar-refractivity contribution < 1.29 is 19.4 Å². The van der Waals surface area contributed by atoms with Crippen LogP contribution in [0.1, 0.15) is 67.1 Å². The number of aromatic nitrogens is 1. The van der Waals surface area contributed by atoms with Crippen molar-refractivity contribution in [3.63, 3.8) is 0 Å². The molecule has 1 aliphatic rings. The first-order valence-corrected chi connectivity index (χ1v) is 11.8. The van der Waals surface area contributed by atoms with Crippen molar-refractivity contribution in [3.8, 4) is 11.8 Å². The van der Waals surface area contributed by atoms with E-state index in [0.717, 1.165) is 18.4 Å². The van der Waals surface area contributed by atoms with Crippen molar-refractivity contribution >= 4 is 29.3 Å². The average molecular weight is 485 g/mol. The van der Waals surface area contributed by atoms with Crippen LogP contribution in [-0.4, -0.2) is 35.1 Å². The van der Waals surface area contributed by atoms with Crippen LogP contribution in [0.5, 0.6) is 5.75 Å². The number of ether oxygens (including phenoxy) is 1. The molecule has 34 heavy (non-hydrogen) atoms. The fourth-order valence-electron chi connectivity index (χ4n) is 4.15. The lowest BCUT2D eigenvalue weighted by atomic mass is 9.82. The summed E-state index contributed by atoms with van der Waals surface area (Å²) in [6.45, 7) is 4.80. The first-order chi connectivity index (χ1) is 16.3. The van der Waals surface area contributed by atoms with Crippen LogP contribution in [0.3, 0.4) is 0 Å². The van der Waals surface area contributed by atoms with E-state index in [2.05, 4.69) is 21.7 Å². The van der Waals surface area contributed by atoms with Crippen LogP contribution >= 0.6 is 11.6 Å². The second-order valence-electron chi connectivity index (χ2n) is 8.48. The van der Waals surface area contributed by atoms with Crippen LogP contribution in [0.25, 0.3) is 0 Å². The number of carbonyl (C=O) groups is 2. The molecule has 3 N–H and O–H groups in total. The molecule has 9 heteroatoms. The molecule has 1 atom stereocenters. The fraction of sp³-hybridized carbons (Fsp3) is 0.440. The van der Waals surface area contributed by atoms with Crippen LogP contribution in [-0.2, 0) is 4.79 Å². The third kappa shape index (κ3) is 6.39. The molecule has 0 spiro atoms. The molecule has 1 aliphatic carbocycles. The smallest absolute Gasteiger partial charge is 0.306 e. The zero-order valence-electron chi connectivity index (χ0n) is 19.3. The van der Waals surface area contributed by atoms with Gasteiger partial charge in [-0.05, 0) is 69.7 Å². The molecule has 3 rings (SSSR count). The van der Waals surface area contributed by atoms with Gasteiger partial charge in [0, 0.05) is 18.3 Å². The Morgan fingerprint density at radius 2 is 2.03 bits per heavy atom. The lowest BCUT2D eigenvalue weighted by Gasteiger charge is -2.26. The number of rotatable bonds is 9. The Bertz CT molecular complexity index is 1080. The van der Waals surface area contributed by atoms with Crippen LogP contribution in [0, 0.1) is 23.2 Å². The van der Waals surface area contributed by atoms with Gasteiger partial charge in [-0.25, -0.2) is 4.98 Å². The van der Waals surface area contributed by atoms with Gasteiger partial charge in [-0.2, -0.15) is 5.26 Å². The van der Waals surface area contributed by atoms with E-state index in [4.69, 9.17) is 21.4 Å². The third-order valence-electron chi connectivity index (χ3n) is 6.11. The number of carbonyl (C=O) groups excluding carboxylic acids is 1. The summed E-state index contributed by atoms with van der Waals surface area (Å²) in [6, 6.07) is 8.69. The van der Waals surface area contributed by atoms with Crippen LogP contribution < -0.4 is 15.4 Å². The van der Waals surface area contributed by atoms with E-state index >= 15 is 0 Å². The minimum absolute atomic E-state index is 0.250. The lowest BCUT2D eigenvalue weighted by Crippen LogP contribution is -2.32. The number of carboxylic acids is 1. The van der Waals surface area contributed by atoms with Gasteiger partial charge in [-0.15, -0.1) is 0 Å². The van der Waals surface area contributed by atoms with Crippen molar-refractivity contribution in [2.75, 3.05) is 18.5 Å². The maximum atomic E-state index is 12.6. The molecule has 1 aromatic carbocycles. The summed E-state index contributed by atoms with van der Waals surface area (Å²) >= 11 is 6.41. The molecule has 0 unspecified atom stereocenters. The second-order valence-corrected chi connectivity index (χ2v) is 8.89. The number of carboxylic acid groups (broad SMARTS) is 1. The number of pyridine rings is 1. The highest BCUT2D eigenvalue weighted by Crippen LogP contribution is 2.31. The van der Waals surface area contributed by atoms with E-state index in [1.54, 1.807) is 24.3 Å². The van der Waals surface area contributed by atoms with E-state index in [1.807, 2.05) is 13.8 Å². The standard InChI is InChI=1S/C25H29ClN4O4/c1-3-34-22-9-6-17(12-27)10-20(22)15(2)30-23-21(26)11-19(14-28-23)24(31)29-13-16-4-7-18(8-5-16)25(32)33/h6,9-11,14-16,18H,3-5,7-8,13H2,1-2H3,(H,28,30)(H,29,31)(H,32,33)/t15-,16?,18?/m0/s1. The van der Waals surface area contributed by atoms with Gasteiger partial charge >= 0.3 is 5.97 Å². The summed E-state index contributed by atoms with van der Waals surface area (Å²) in [5.74, 6) is 0.0826. The topological polar surface area (TPSA) is 124 Å². The Morgan fingerprint density at radius 3 is 2.65 bits per heavy atom. The number of aliphatic carboxylic acids is 1. The minimum Gasteiger partial charge on any atom is -0.494 e. The summed E-state index contributed by atoms with van der Waals surface area (Å²) in [4.78, 5) is 28.0. The Kier molecular flexibility index (Phi) is 8.72. The molecule has 2 aromatic rings. The predicted octanol–water partition coefficient (Wildman–Crippen LogP) is 4.80. The zero-order valence-corrected chi connectivity index (χ0v) is 20.1. The molecule has 1 aromatic heterocycles. The minimum atomic E-state index is -0.738. The maximum absolute atomic E-state index is 12.6. The summed E-state index contributed by atoms with van der Waals surface area (Å²) < 4.78 is 5.69. The molecule has 0 saturated heterocycles. The van der Waals surface area contributed by atoms with Gasteiger partial charge in [-0.3, -0.25) is 9.59 Å². The van der Waals surface area contributed by atoms with Gasteiger partial charge < -0.3 is 20.5 Å². The van der Waals surface area contributed by atoms with E-state index in [0.29, 0.717) is 53.7 Å². The highest BCUT2D eigenvalue weighted by atomic mass is 35.5. The van der Waals surface area contributed by atoms with Crippen molar-refractivity contribution in [2.24, 2.45) is 11.8 Å². The number of nitrogens with zero attached hydrogens (tertiary/aromatic N) is 2. The number of anilines is 1. The van der Waals surface area contributed by atoms with Crippen LogP contribution in [0.4, 0.5) is 5.82 Å². The number of hydrogen-bond acceptors (Lipinski definition) is 6. The fourth-order valence-corrected chi connectivity index (χ4v) is 4.37. The van der Waals surface area contributed by atoms with Crippen molar-refractivity contribution in [1.82, 2.24) is 10.3 Å². The van der Waals surface area contributed by atoms with Crippen LogP contribution in [0.2, 0.25) is 5.02 Å². The molecule has 0 aliphatic heterocycles. The highest BCUT2D eigenvalue weighted by molar-refractivity contribution is 6.33. The molecular weight excluding hydrogens is 456 g/mol. The molecule has 180 valence electrons. The van der Waals surface area contributed by atoms with Crippen molar-refractivity contribution in [1.29, 1.82) is 5.26 Å². The highest BCUT2D eigenvalue weighted by Gasteiger charge is 2.26. The summed E-state index contributed by atoms with van der Waals surface area (Å²) in [7, 11) is 0. The number of halogens is 1. The largest absolute Gasteiger partial charge is 0.494 e. The quantitative estimate of drug-likeness (QED) is 0.467. The first kappa shape index (κ1) is 25.3. The molecule has 1 heterocycles. The first-order valence-electron chi connectivity index (χ1n) is 11.4. The molecule has 1 amide bonds. The molecule has 1 saturated carbocycles. The third-order valence-corrected chi connectivity index (χ3v) is 6.40. The average Bonchev–Trinajstić information content (AvgIpc) is 2.84. The molecule has 1 fully saturated rings. The van der Waals surface area contributed by atoms with Crippen molar-refractivity contribution in [2.45, 2.75) is 45.6 Å². The number of nitriles is 1. The van der Waals surface area contributed by atoms with E-state index < -0.39 is 5.97 Å². The Morgan fingerprint density at radius 1 is 1.29 bits per heavy atom. The SMILES string of the molecule is CCOc1ccc(C#N)cc1[C@H](C)Nc1ncc(C(=O)NCC2CCC(C(=O)O)CC2)cc1Cl. The van der Waals surface area contributed by atoms with Gasteiger partial charge in [0.25, 0.3) is 5.91 Å². The number of amides is 1. The Balaban J connectivity index is 1.61. The van der Waals surface area contributed by atoms with Crippen LogP contribution in [0.15, 0.2) is 30.5 Å². The monoisotopic (exact) mass is 484 g/mol.